The quantitative estimate of drug-likeness (QED) is 0.693. The van der Waals surface area contributed by atoms with Gasteiger partial charge in [-0.1, -0.05) is 25.1 Å². The van der Waals surface area contributed by atoms with E-state index in [-0.39, 0.29) is 5.78 Å². The molecule has 1 aromatic carbocycles. The number of benzene rings is 1. The van der Waals surface area contributed by atoms with E-state index >= 15 is 0 Å². The van der Waals surface area contributed by atoms with Crippen LogP contribution in [0, 0.1) is 0 Å². The normalized spacial score (nSPS) is 12.5. The minimum atomic E-state index is -1.08. The topological polar surface area (TPSA) is 34.1 Å². The molecule has 1 rings (SSSR count). The monoisotopic (exact) mass is 196 g/mol. The zero-order valence-corrected chi connectivity index (χ0v) is 8.56. The highest BCUT2D eigenvalue weighted by molar-refractivity contribution is 7.84. The fourth-order valence-corrected chi connectivity index (χ4v) is 1.90. The third-order valence-electron chi connectivity index (χ3n) is 1.82. The zero-order valence-electron chi connectivity index (χ0n) is 7.74. The van der Waals surface area contributed by atoms with Gasteiger partial charge in [0.05, 0.1) is 10.8 Å². The molecule has 70 valence electrons. The van der Waals surface area contributed by atoms with Gasteiger partial charge in [0.15, 0.2) is 5.78 Å². The Morgan fingerprint density at radius 3 is 2.54 bits per heavy atom. The molecule has 0 heterocycles. The molecular formula is C10H12O2S. The van der Waals surface area contributed by atoms with E-state index < -0.39 is 10.8 Å². The van der Waals surface area contributed by atoms with Crippen LogP contribution in [0.5, 0.6) is 0 Å². The van der Waals surface area contributed by atoms with Gasteiger partial charge in [0.2, 0.25) is 0 Å². The van der Waals surface area contributed by atoms with Gasteiger partial charge in [0.25, 0.3) is 0 Å². The molecule has 3 heteroatoms. The predicted molar refractivity (Wildman–Crippen MR) is 53.4 cm³/mol. The van der Waals surface area contributed by atoms with Gasteiger partial charge in [-0.2, -0.15) is 0 Å². The van der Waals surface area contributed by atoms with Gasteiger partial charge in [-0.05, 0) is 6.07 Å². The lowest BCUT2D eigenvalue weighted by molar-refractivity contribution is 0.0985. The Morgan fingerprint density at radius 2 is 2.00 bits per heavy atom. The van der Waals surface area contributed by atoms with E-state index in [9.17, 15) is 9.00 Å². The lowest BCUT2D eigenvalue weighted by Gasteiger charge is -2.03. The summed E-state index contributed by atoms with van der Waals surface area (Å²) in [6.45, 7) is 1.80. The van der Waals surface area contributed by atoms with Crippen molar-refractivity contribution in [2.75, 3.05) is 6.26 Å². The summed E-state index contributed by atoms with van der Waals surface area (Å²) in [5.41, 5.74) is 0.589. The maximum absolute atomic E-state index is 11.4. The van der Waals surface area contributed by atoms with Crippen molar-refractivity contribution in [2.24, 2.45) is 0 Å². The predicted octanol–water partition coefficient (Wildman–Crippen LogP) is 2.02. The molecule has 0 saturated heterocycles. The van der Waals surface area contributed by atoms with Gasteiger partial charge >= 0.3 is 0 Å². The Bertz CT molecular complexity index is 345. The molecule has 0 spiro atoms. The molecule has 1 unspecified atom stereocenters. The van der Waals surface area contributed by atoms with Crippen LogP contribution >= 0.6 is 0 Å². The zero-order chi connectivity index (χ0) is 9.84. The van der Waals surface area contributed by atoms with Crippen molar-refractivity contribution in [1.82, 2.24) is 0 Å². The summed E-state index contributed by atoms with van der Waals surface area (Å²) in [4.78, 5) is 12.0. The molecule has 0 aliphatic rings. The van der Waals surface area contributed by atoms with Crippen LogP contribution in [-0.2, 0) is 10.8 Å². The Balaban J connectivity index is 3.19. The Hall–Kier alpha value is -0.960. The highest BCUT2D eigenvalue weighted by Crippen LogP contribution is 2.14. The molecule has 0 aliphatic carbocycles. The van der Waals surface area contributed by atoms with Crippen LogP contribution in [0.2, 0.25) is 0 Å². The SMILES string of the molecule is CCC(=O)c1ccccc1S(C)=O. The molecule has 0 amide bonds. The first-order chi connectivity index (χ1) is 6.16. The molecule has 1 aromatic rings. The number of carbonyl (C=O) groups excluding carboxylic acids is 1. The van der Waals surface area contributed by atoms with Crippen molar-refractivity contribution >= 4 is 16.6 Å². The summed E-state index contributed by atoms with van der Waals surface area (Å²) >= 11 is 0. The molecule has 13 heavy (non-hydrogen) atoms. The Labute approximate surface area is 80.4 Å². The lowest BCUT2D eigenvalue weighted by atomic mass is 10.1. The minimum Gasteiger partial charge on any atom is -0.294 e. The molecule has 0 N–H and O–H groups in total. The van der Waals surface area contributed by atoms with E-state index in [1.807, 2.05) is 0 Å². The van der Waals surface area contributed by atoms with Gasteiger partial charge in [0.1, 0.15) is 0 Å². The largest absolute Gasteiger partial charge is 0.294 e. The van der Waals surface area contributed by atoms with Crippen LogP contribution in [0.4, 0.5) is 0 Å². The fourth-order valence-electron chi connectivity index (χ4n) is 1.14. The molecule has 1 atom stereocenters. The van der Waals surface area contributed by atoms with Crippen LogP contribution in [0.25, 0.3) is 0 Å². The number of ketones is 1. The van der Waals surface area contributed by atoms with Gasteiger partial charge in [-0.3, -0.25) is 9.00 Å². The van der Waals surface area contributed by atoms with E-state index in [2.05, 4.69) is 0 Å². The molecule has 0 bridgehead atoms. The van der Waals surface area contributed by atoms with Crippen molar-refractivity contribution in [1.29, 1.82) is 0 Å². The molecule has 0 aromatic heterocycles. The van der Waals surface area contributed by atoms with E-state index in [4.69, 9.17) is 0 Å². The van der Waals surface area contributed by atoms with Crippen LogP contribution in [0.3, 0.4) is 0 Å². The average molecular weight is 196 g/mol. The summed E-state index contributed by atoms with van der Waals surface area (Å²) in [6.07, 6.45) is 2.04. The average Bonchev–Trinajstić information content (AvgIpc) is 2.16. The number of rotatable bonds is 3. The van der Waals surface area contributed by atoms with E-state index in [1.165, 1.54) is 0 Å². The molecule has 0 saturated carbocycles. The highest BCUT2D eigenvalue weighted by atomic mass is 32.2. The molecule has 0 fully saturated rings. The maximum atomic E-state index is 11.4. The number of Topliss-reactive ketones (excluding diaryl/α,β-unsaturated/α-hetero) is 1. The lowest BCUT2D eigenvalue weighted by Crippen LogP contribution is -2.02. The van der Waals surface area contributed by atoms with Crippen LogP contribution < -0.4 is 0 Å². The molecule has 2 nitrogen and oxygen atoms in total. The first-order valence-corrected chi connectivity index (χ1v) is 5.68. The smallest absolute Gasteiger partial charge is 0.163 e. The van der Waals surface area contributed by atoms with Crippen molar-refractivity contribution in [3.63, 3.8) is 0 Å². The Morgan fingerprint density at radius 1 is 1.38 bits per heavy atom. The maximum Gasteiger partial charge on any atom is 0.163 e. The van der Waals surface area contributed by atoms with Crippen LogP contribution in [0.1, 0.15) is 23.7 Å². The highest BCUT2D eigenvalue weighted by Gasteiger charge is 2.10. The molecule has 0 aliphatic heterocycles. The minimum absolute atomic E-state index is 0.0470. The second-order valence-corrected chi connectivity index (χ2v) is 4.08. The second kappa shape index (κ2) is 4.33. The van der Waals surface area contributed by atoms with Gasteiger partial charge in [-0.15, -0.1) is 0 Å². The summed E-state index contributed by atoms with van der Waals surface area (Å²) < 4.78 is 11.2. The summed E-state index contributed by atoms with van der Waals surface area (Å²) in [6, 6.07) is 7.05. The summed E-state index contributed by atoms with van der Waals surface area (Å²) in [7, 11) is -1.08. The standard InChI is InChI=1S/C10H12O2S/c1-3-9(11)8-6-4-5-7-10(8)13(2)12/h4-7H,3H2,1-2H3. The Kier molecular flexibility index (Phi) is 3.37. The van der Waals surface area contributed by atoms with E-state index in [0.717, 1.165) is 0 Å². The van der Waals surface area contributed by atoms with Crippen LogP contribution in [-0.4, -0.2) is 16.2 Å². The van der Waals surface area contributed by atoms with Crippen molar-refractivity contribution in [3.8, 4) is 0 Å². The third kappa shape index (κ3) is 2.25. The van der Waals surface area contributed by atoms with Gasteiger partial charge in [0, 0.05) is 23.1 Å². The number of hydrogen-bond donors (Lipinski definition) is 0. The number of carbonyl (C=O) groups is 1. The summed E-state index contributed by atoms with van der Waals surface area (Å²) in [5, 5.41) is 0. The van der Waals surface area contributed by atoms with E-state index in [0.29, 0.717) is 16.9 Å². The number of hydrogen-bond acceptors (Lipinski definition) is 2. The van der Waals surface area contributed by atoms with Gasteiger partial charge in [-0.25, -0.2) is 0 Å². The van der Waals surface area contributed by atoms with Crippen molar-refractivity contribution < 1.29 is 9.00 Å². The molecular weight excluding hydrogens is 184 g/mol. The van der Waals surface area contributed by atoms with Crippen molar-refractivity contribution in [3.05, 3.63) is 29.8 Å². The van der Waals surface area contributed by atoms with E-state index in [1.54, 1.807) is 37.4 Å². The first kappa shape index (κ1) is 10.1. The fraction of sp³-hybridized carbons (Fsp3) is 0.300. The van der Waals surface area contributed by atoms with Gasteiger partial charge < -0.3 is 0 Å². The summed E-state index contributed by atoms with van der Waals surface area (Å²) in [5.74, 6) is 0.0470. The molecule has 0 radical (unpaired) electrons. The first-order valence-electron chi connectivity index (χ1n) is 4.12. The second-order valence-electron chi connectivity index (χ2n) is 2.73. The van der Waals surface area contributed by atoms with Crippen LogP contribution in [0.15, 0.2) is 29.2 Å². The van der Waals surface area contributed by atoms with Crippen molar-refractivity contribution in [2.45, 2.75) is 18.2 Å². The third-order valence-corrected chi connectivity index (χ3v) is 2.79.